The largest absolute Gasteiger partial charge is 0.467 e. The first-order valence-electron chi connectivity index (χ1n) is 4.51. The molecule has 2 unspecified atom stereocenters. The number of esters is 1. The Morgan fingerprint density at radius 3 is 3.00 bits per heavy atom. The zero-order chi connectivity index (χ0) is 9.68. The third-order valence-corrected chi connectivity index (χ3v) is 2.14. The molecule has 0 aliphatic carbocycles. The van der Waals surface area contributed by atoms with Crippen LogP contribution in [-0.4, -0.2) is 39.0 Å². The van der Waals surface area contributed by atoms with E-state index in [1.807, 2.05) is 0 Å². The average Bonchev–Trinajstić information content (AvgIpc) is 2.65. The molecule has 0 spiro atoms. The molecule has 76 valence electrons. The quantitative estimate of drug-likeness (QED) is 0.606. The van der Waals surface area contributed by atoms with Crippen molar-refractivity contribution in [3.8, 4) is 0 Å². The van der Waals surface area contributed by atoms with Crippen LogP contribution in [-0.2, 0) is 19.0 Å². The minimum atomic E-state index is -0.467. The van der Waals surface area contributed by atoms with Crippen molar-refractivity contribution in [1.82, 2.24) is 0 Å². The van der Waals surface area contributed by atoms with E-state index in [1.165, 1.54) is 7.11 Å². The number of rotatable bonds is 4. The van der Waals surface area contributed by atoms with Crippen LogP contribution in [0.5, 0.6) is 0 Å². The maximum absolute atomic E-state index is 10.9. The Hall–Kier alpha value is -0.610. The third kappa shape index (κ3) is 3.32. The second-order valence-electron chi connectivity index (χ2n) is 3.23. The van der Waals surface area contributed by atoms with Crippen molar-refractivity contribution < 1.29 is 19.0 Å². The van der Waals surface area contributed by atoms with E-state index < -0.39 is 6.10 Å². The number of hydrogen-bond acceptors (Lipinski definition) is 4. The molecular weight excluding hydrogens is 172 g/mol. The lowest BCUT2D eigenvalue weighted by atomic mass is 10.1. The number of methoxy groups -OCH3 is 1. The van der Waals surface area contributed by atoms with Gasteiger partial charge in [-0.3, -0.25) is 0 Å². The van der Waals surface area contributed by atoms with Crippen LogP contribution in [0.4, 0.5) is 0 Å². The van der Waals surface area contributed by atoms with Gasteiger partial charge in [0.15, 0.2) is 6.10 Å². The average molecular weight is 188 g/mol. The van der Waals surface area contributed by atoms with Crippen LogP contribution in [0, 0.1) is 5.92 Å². The standard InChI is InChI=1S/C9H16O4/c1-7(9(10)11-2)13-6-8-3-4-12-5-8/h7-8H,3-6H2,1-2H3. The maximum atomic E-state index is 10.9. The molecule has 4 nitrogen and oxygen atoms in total. The van der Waals surface area contributed by atoms with E-state index in [1.54, 1.807) is 6.92 Å². The summed E-state index contributed by atoms with van der Waals surface area (Å²) in [5, 5.41) is 0. The summed E-state index contributed by atoms with van der Waals surface area (Å²) in [7, 11) is 1.36. The fourth-order valence-corrected chi connectivity index (χ4v) is 1.23. The van der Waals surface area contributed by atoms with Gasteiger partial charge >= 0.3 is 5.97 Å². The highest BCUT2D eigenvalue weighted by atomic mass is 16.6. The lowest BCUT2D eigenvalue weighted by Crippen LogP contribution is -2.25. The molecule has 0 saturated carbocycles. The Kier molecular flexibility index (Phi) is 4.18. The molecule has 4 heteroatoms. The molecule has 2 atom stereocenters. The topological polar surface area (TPSA) is 44.8 Å². The lowest BCUT2D eigenvalue weighted by molar-refractivity contribution is -0.153. The highest BCUT2D eigenvalue weighted by molar-refractivity contribution is 5.73. The first-order valence-corrected chi connectivity index (χ1v) is 4.51. The van der Waals surface area contributed by atoms with Crippen molar-refractivity contribution in [2.75, 3.05) is 26.9 Å². The summed E-state index contributed by atoms with van der Waals surface area (Å²) in [5.74, 6) is 0.117. The summed E-state index contributed by atoms with van der Waals surface area (Å²) >= 11 is 0. The van der Waals surface area contributed by atoms with Crippen molar-refractivity contribution >= 4 is 5.97 Å². The van der Waals surface area contributed by atoms with E-state index in [-0.39, 0.29) is 5.97 Å². The monoisotopic (exact) mass is 188 g/mol. The summed E-state index contributed by atoms with van der Waals surface area (Å²) in [6, 6.07) is 0. The van der Waals surface area contributed by atoms with E-state index >= 15 is 0 Å². The van der Waals surface area contributed by atoms with Crippen LogP contribution in [0.3, 0.4) is 0 Å². The molecule has 13 heavy (non-hydrogen) atoms. The first kappa shape index (κ1) is 10.5. The molecule has 1 fully saturated rings. The number of hydrogen-bond donors (Lipinski definition) is 0. The summed E-state index contributed by atoms with van der Waals surface area (Å²) in [6.45, 7) is 3.83. The molecule has 1 aliphatic heterocycles. The van der Waals surface area contributed by atoms with Gasteiger partial charge in [0, 0.05) is 12.5 Å². The van der Waals surface area contributed by atoms with Crippen LogP contribution in [0.1, 0.15) is 13.3 Å². The normalized spacial score (nSPS) is 24.3. The zero-order valence-electron chi connectivity index (χ0n) is 8.12. The Balaban J connectivity index is 2.13. The van der Waals surface area contributed by atoms with Crippen molar-refractivity contribution in [2.24, 2.45) is 5.92 Å². The van der Waals surface area contributed by atoms with Gasteiger partial charge in [-0.25, -0.2) is 4.79 Å². The van der Waals surface area contributed by atoms with E-state index in [9.17, 15) is 4.79 Å². The number of carbonyl (C=O) groups is 1. The zero-order valence-corrected chi connectivity index (χ0v) is 8.12. The Morgan fingerprint density at radius 2 is 2.46 bits per heavy atom. The van der Waals surface area contributed by atoms with Crippen LogP contribution in [0.15, 0.2) is 0 Å². The Morgan fingerprint density at radius 1 is 1.69 bits per heavy atom. The predicted molar refractivity (Wildman–Crippen MR) is 46.4 cm³/mol. The van der Waals surface area contributed by atoms with E-state index in [0.29, 0.717) is 12.5 Å². The van der Waals surface area contributed by atoms with Crippen LogP contribution in [0.25, 0.3) is 0 Å². The van der Waals surface area contributed by atoms with Crippen molar-refractivity contribution in [3.63, 3.8) is 0 Å². The highest BCUT2D eigenvalue weighted by Gasteiger charge is 2.19. The minimum absolute atomic E-state index is 0.320. The van der Waals surface area contributed by atoms with Gasteiger partial charge in [0.05, 0.1) is 20.3 Å². The predicted octanol–water partition coefficient (Wildman–Crippen LogP) is 0.601. The van der Waals surface area contributed by atoms with Crippen LogP contribution in [0.2, 0.25) is 0 Å². The molecular formula is C9H16O4. The minimum Gasteiger partial charge on any atom is -0.467 e. The molecule has 0 N–H and O–H groups in total. The summed E-state index contributed by atoms with van der Waals surface area (Å²) in [5.41, 5.74) is 0. The second kappa shape index (κ2) is 5.19. The number of carbonyl (C=O) groups excluding carboxylic acids is 1. The van der Waals surface area contributed by atoms with Gasteiger partial charge in [-0.05, 0) is 13.3 Å². The second-order valence-corrected chi connectivity index (χ2v) is 3.23. The van der Waals surface area contributed by atoms with Gasteiger partial charge in [0.25, 0.3) is 0 Å². The molecule has 1 aliphatic rings. The van der Waals surface area contributed by atoms with Gasteiger partial charge in [-0.15, -0.1) is 0 Å². The molecule has 0 amide bonds. The molecule has 0 bridgehead atoms. The maximum Gasteiger partial charge on any atom is 0.334 e. The SMILES string of the molecule is COC(=O)C(C)OCC1CCOC1. The van der Waals surface area contributed by atoms with Gasteiger partial charge in [0.2, 0.25) is 0 Å². The van der Waals surface area contributed by atoms with Crippen LogP contribution < -0.4 is 0 Å². The molecule has 1 rings (SSSR count). The van der Waals surface area contributed by atoms with E-state index in [0.717, 1.165) is 19.6 Å². The van der Waals surface area contributed by atoms with Gasteiger partial charge in [-0.2, -0.15) is 0 Å². The van der Waals surface area contributed by atoms with Crippen molar-refractivity contribution in [2.45, 2.75) is 19.4 Å². The molecule has 1 saturated heterocycles. The van der Waals surface area contributed by atoms with Crippen LogP contribution >= 0.6 is 0 Å². The van der Waals surface area contributed by atoms with E-state index in [4.69, 9.17) is 9.47 Å². The molecule has 0 radical (unpaired) electrons. The summed E-state index contributed by atoms with van der Waals surface area (Å²) in [6.07, 6.45) is 0.555. The first-order chi connectivity index (χ1) is 6.24. The molecule has 0 aromatic carbocycles. The molecule has 0 aromatic rings. The van der Waals surface area contributed by atoms with Gasteiger partial charge < -0.3 is 14.2 Å². The summed E-state index contributed by atoms with van der Waals surface area (Å²) in [4.78, 5) is 10.9. The fraction of sp³-hybridized carbons (Fsp3) is 0.889. The van der Waals surface area contributed by atoms with Crippen molar-refractivity contribution in [1.29, 1.82) is 0 Å². The fourth-order valence-electron chi connectivity index (χ4n) is 1.23. The van der Waals surface area contributed by atoms with Gasteiger partial charge in [0.1, 0.15) is 0 Å². The highest BCUT2D eigenvalue weighted by Crippen LogP contribution is 2.13. The Bertz CT molecular complexity index is 163. The van der Waals surface area contributed by atoms with Gasteiger partial charge in [-0.1, -0.05) is 0 Å². The Labute approximate surface area is 78.2 Å². The smallest absolute Gasteiger partial charge is 0.334 e. The third-order valence-electron chi connectivity index (χ3n) is 2.14. The number of ether oxygens (including phenoxy) is 3. The lowest BCUT2D eigenvalue weighted by Gasteiger charge is -2.13. The van der Waals surface area contributed by atoms with E-state index in [2.05, 4.69) is 4.74 Å². The molecule has 0 aromatic heterocycles. The summed E-state index contributed by atoms with van der Waals surface area (Å²) < 4.78 is 15.0. The molecule has 1 heterocycles. The van der Waals surface area contributed by atoms with Crippen molar-refractivity contribution in [3.05, 3.63) is 0 Å².